The Kier molecular flexibility index (Phi) is 3.75. The zero-order chi connectivity index (χ0) is 13.9. The lowest BCUT2D eigenvalue weighted by atomic mass is 9.75. The van der Waals surface area contributed by atoms with E-state index < -0.39 is 0 Å². The molecule has 1 saturated carbocycles. The van der Waals surface area contributed by atoms with Crippen molar-refractivity contribution in [3.8, 4) is 0 Å². The number of anilines is 1. The Bertz CT molecular complexity index is 570. The monoisotopic (exact) mass is 267 g/mol. The highest BCUT2D eigenvalue weighted by molar-refractivity contribution is 5.52. The number of aliphatic hydroxyl groups excluding tert-OH is 1. The van der Waals surface area contributed by atoms with E-state index in [0.29, 0.717) is 12.0 Å². The molecule has 2 heteroatoms. The van der Waals surface area contributed by atoms with Crippen molar-refractivity contribution >= 4 is 5.69 Å². The molecule has 2 aromatic carbocycles. The average molecular weight is 267 g/mol. The van der Waals surface area contributed by atoms with E-state index in [-0.39, 0.29) is 6.61 Å². The van der Waals surface area contributed by atoms with E-state index in [2.05, 4.69) is 36.5 Å². The fourth-order valence-corrected chi connectivity index (χ4v) is 2.87. The number of hydrogen-bond donors (Lipinski definition) is 2. The van der Waals surface area contributed by atoms with Gasteiger partial charge < -0.3 is 10.4 Å². The van der Waals surface area contributed by atoms with Crippen LogP contribution in [0.3, 0.4) is 0 Å². The van der Waals surface area contributed by atoms with Gasteiger partial charge in [0.05, 0.1) is 6.61 Å². The van der Waals surface area contributed by atoms with Gasteiger partial charge in [-0.15, -0.1) is 0 Å². The molecule has 20 heavy (non-hydrogen) atoms. The topological polar surface area (TPSA) is 32.3 Å². The Morgan fingerprint density at radius 3 is 2.45 bits per heavy atom. The molecule has 0 saturated heterocycles. The molecule has 0 aliphatic heterocycles. The first kappa shape index (κ1) is 13.2. The highest BCUT2D eigenvalue weighted by atomic mass is 16.3. The average Bonchev–Trinajstić information content (AvgIpc) is 2.44. The van der Waals surface area contributed by atoms with Crippen LogP contribution in [0.1, 0.15) is 35.4 Å². The second kappa shape index (κ2) is 5.68. The summed E-state index contributed by atoms with van der Waals surface area (Å²) < 4.78 is 0. The van der Waals surface area contributed by atoms with Crippen LogP contribution in [0, 0.1) is 6.92 Å². The quantitative estimate of drug-likeness (QED) is 0.882. The fourth-order valence-electron chi connectivity index (χ4n) is 2.87. The van der Waals surface area contributed by atoms with Crippen LogP contribution in [0.2, 0.25) is 0 Å². The molecule has 0 bridgehead atoms. The zero-order valence-electron chi connectivity index (χ0n) is 11.8. The van der Waals surface area contributed by atoms with Crippen molar-refractivity contribution in [2.75, 3.05) is 5.32 Å². The lowest BCUT2D eigenvalue weighted by molar-refractivity contribution is 0.282. The summed E-state index contributed by atoms with van der Waals surface area (Å²) >= 11 is 0. The Morgan fingerprint density at radius 1 is 1.05 bits per heavy atom. The van der Waals surface area contributed by atoms with Crippen molar-refractivity contribution in [2.24, 2.45) is 0 Å². The van der Waals surface area contributed by atoms with Gasteiger partial charge in [-0.25, -0.2) is 0 Å². The van der Waals surface area contributed by atoms with Gasteiger partial charge in [0, 0.05) is 17.3 Å². The lowest BCUT2D eigenvalue weighted by Crippen LogP contribution is -2.34. The first-order valence-electron chi connectivity index (χ1n) is 7.28. The van der Waals surface area contributed by atoms with Crippen LogP contribution in [0.25, 0.3) is 0 Å². The van der Waals surface area contributed by atoms with Crippen LogP contribution >= 0.6 is 0 Å². The Labute approximate surface area is 120 Å². The van der Waals surface area contributed by atoms with Crippen LogP contribution in [-0.4, -0.2) is 11.1 Å². The van der Waals surface area contributed by atoms with Crippen LogP contribution in [-0.2, 0) is 6.61 Å². The molecule has 1 fully saturated rings. The maximum absolute atomic E-state index is 9.34. The molecular formula is C18H21NO. The SMILES string of the molecule is Cc1ccc(C2CC(Nc3ccccc3CO)C2)cc1. The van der Waals surface area contributed by atoms with E-state index in [1.165, 1.54) is 24.0 Å². The number of rotatable bonds is 4. The molecular weight excluding hydrogens is 246 g/mol. The molecule has 0 heterocycles. The molecule has 3 rings (SSSR count). The number of nitrogens with one attached hydrogen (secondary N) is 1. The minimum atomic E-state index is 0.0945. The van der Waals surface area contributed by atoms with E-state index in [4.69, 9.17) is 0 Å². The van der Waals surface area contributed by atoms with Gasteiger partial charge in [0.1, 0.15) is 0 Å². The maximum atomic E-state index is 9.34. The molecule has 1 aliphatic carbocycles. The summed E-state index contributed by atoms with van der Waals surface area (Å²) in [6.07, 6.45) is 2.34. The molecule has 0 unspecified atom stereocenters. The molecule has 0 aromatic heterocycles. The Morgan fingerprint density at radius 2 is 1.75 bits per heavy atom. The van der Waals surface area contributed by atoms with Crippen molar-refractivity contribution in [1.29, 1.82) is 0 Å². The number of hydrogen-bond acceptors (Lipinski definition) is 2. The fraction of sp³-hybridized carbons (Fsp3) is 0.333. The number of aliphatic hydroxyl groups is 1. The van der Waals surface area contributed by atoms with Crippen molar-refractivity contribution in [1.82, 2.24) is 0 Å². The summed E-state index contributed by atoms with van der Waals surface area (Å²) in [6.45, 7) is 2.22. The minimum absolute atomic E-state index is 0.0945. The van der Waals surface area contributed by atoms with Crippen LogP contribution in [0.15, 0.2) is 48.5 Å². The summed E-state index contributed by atoms with van der Waals surface area (Å²) in [4.78, 5) is 0. The summed E-state index contributed by atoms with van der Waals surface area (Å²) in [5.74, 6) is 0.675. The van der Waals surface area contributed by atoms with Crippen LogP contribution in [0.5, 0.6) is 0 Å². The largest absolute Gasteiger partial charge is 0.392 e. The summed E-state index contributed by atoms with van der Waals surface area (Å²) in [5.41, 5.74) is 4.82. The van der Waals surface area contributed by atoms with Crippen molar-refractivity contribution in [3.63, 3.8) is 0 Å². The normalized spacial score (nSPS) is 21.3. The summed E-state index contributed by atoms with van der Waals surface area (Å²) in [7, 11) is 0. The third kappa shape index (κ3) is 2.70. The standard InChI is InChI=1S/C18H21NO/c1-13-6-8-14(9-7-13)16-10-17(11-16)19-18-5-3-2-4-15(18)12-20/h2-9,16-17,19-20H,10-12H2,1H3. The molecule has 0 atom stereocenters. The van der Waals surface area contributed by atoms with Gasteiger partial charge in [-0.2, -0.15) is 0 Å². The maximum Gasteiger partial charge on any atom is 0.0701 e. The molecule has 1 aliphatic rings. The Balaban J connectivity index is 1.59. The first-order chi connectivity index (χ1) is 9.76. The van der Waals surface area contributed by atoms with Gasteiger partial charge in [-0.3, -0.25) is 0 Å². The molecule has 0 spiro atoms. The summed E-state index contributed by atoms with van der Waals surface area (Å²) in [6, 6.07) is 17.4. The van der Waals surface area contributed by atoms with E-state index in [0.717, 1.165) is 11.3 Å². The third-order valence-corrected chi connectivity index (χ3v) is 4.23. The highest BCUT2D eigenvalue weighted by Crippen LogP contribution is 2.38. The van der Waals surface area contributed by atoms with Crippen molar-refractivity contribution in [3.05, 3.63) is 65.2 Å². The van der Waals surface area contributed by atoms with Gasteiger partial charge in [-0.05, 0) is 37.3 Å². The van der Waals surface area contributed by atoms with Crippen molar-refractivity contribution in [2.45, 2.75) is 38.3 Å². The van der Waals surface area contributed by atoms with E-state index in [1.807, 2.05) is 24.3 Å². The zero-order valence-corrected chi connectivity index (χ0v) is 11.8. The molecule has 104 valence electrons. The van der Waals surface area contributed by atoms with Gasteiger partial charge >= 0.3 is 0 Å². The molecule has 2 nitrogen and oxygen atoms in total. The number of benzene rings is 2. The predicted octanol–water partition coefficient (Wildman–Crippen LogP) is 3.85. The van der Waals surface area contributed by atoms with Crippen molar-refractivity contribution < 1.29 is 5.11 Å². The minimum Gasteiger partial charge on any atom is -0.392 e. The third-order valence-electron chi connectivity index (χ3n) is 4.23. The lowest BCUT2D eigenvalue weighted by Gasteiger charge is -2.37. The van der Waals surface area contributed by atoms with Crippen LogP contribution < -0.4 is 5.32 Å². The number of aryl methyl sites for hydroxylation is 1. The number of para-hydroxylation sites is 1. The highest BCUT2D eigenvalue weighted by Gasteiger charge is 2.30. The van der Waals surface area contributed by atoms with E-state index in [1.54, 1.807) is 0 Å². The van der Waals surface area contributed by atoms with Gasteiger partial charge in [0.25, 0.3) is 0 Å². The summed E-state index contributed by atoms with van der Waals surface area (Å²) in [5, 5.41) is 12.9. The van der Waals surface area contributed by atoms with E-state index in [9.17, 15) is 5.11 Å². The second-order valence-electron chi connectivity index (χ2n) is 5.74. The van der Waals surface area contributed by atoms with Crippen LogP contribution in [0.4, 0.5) is 5.69 Å². The second-order valence-corrected chi connectivity index (χ2v) is 5.74. The van der Waals surface area contributed by atoms with Gasteiger partial charge in [0.15, 0.2) is 0 Å². The molecule has 2 aromatic rings. The van der Waals surface area contributed by atoms with E-state index >= 15 is 0 Å². The van der Waals surface area contributed by atoms with Gasteiger partial charge in [0.2, 0.25) is 0 Å². The molecule has 2 N–H and O–H groups in total. The smallest absolute Gasteiger partial charge is 0.0701 e. The first-order valence-corrected chi connectivity index (χ1v) is 7.28. The molecule has 0 radical (unpaired) electrons. The molecule has 0 amide bonds. The van der Waals surface area contributed by atoms with Gasteiger partial charge in [-0.1, -0.05) is 48.0 Å². The predicted molar refractivity (Wildman–Crippen MR) is 82.9 cm³/mol. The Hall–Kier alpha value is -1.80.